The molecule has 3 aliphatic heterocycles. The molecule has 0 spiro atoms. The van der Waals surface area contributed by atoms with Gasteiger partial charge in [-0.1, -0.05) is 24.3 Å². The minimum atomic E-state index is -1.04. The van der Waals surface area contributed by atoms with Crippen LogP contribution in [0, 0.1) is 30.4 Å². The fourth-order valence-electron chi connectivity index (χ4n) is 6.52. The average Bonchev–Trinajstić information content (AvgIpc) is 3.02. The second-order valence-electron chi connectivity index (χ2n) is 12.5. The SMILES string of the molecule is Cc1cc(C2CCN(C(=O)CC3COC3)CC2)ccc1COc1c(F)cc(F)cc1-c1cccc(N2CCC(C(=O)[O-])CC2)n1.[Na+]. The third-order valence-corrected chi connectivity index (χ3v) is 9.40. The first-order chi connectivity index (χ1) is 21.7. The van der Waals surface area contributed by atoms with Crippen LogP contribution in [0.4, 0.5) is 14.6 Å². The molecular formula is C35H38F2N3NaO5. The molecule has 0 bridgehead atoms. The van der Waals surface area contributed by atoms with E-state index in [-0.39, 0.29) is 53.4 Å². The summed E-state index contributed by atoms with van der Waals surface area (Å²) in [6, 6.07) is 13.5. The van der Waals surface area contributed by atoms with Gasteiger partial charge in [-0.3, -0.25) is 4.79 Å². The molecule has 0 atom stereocenters. The fraction of sp³-hybridized carbons (Fsp3) is 0.457. The van der Waals surface area contributed by atoms with Crippen LogP contribution in [0.2, 0.25) is 0 Å². The Balaban J connectivity index is 0.00000417. The van der Waals surface area contributed by atoms with Crippen LogP contribution in [-0.2, 0) is 20.9 Å². The Labute approximate surface area is 290 Å². The number of piperidine rings is 2. The molecule has 3 aliphatic rings. The van der Waals surface area contributed by atoms with Crippen molar-refractivity contribution in [3.8, 4) is 17.0 Å². The van der Waals surface area contributed by atoms with Crippen molar-refractivity contribution in [3.05, 3.63) is 76.9 Å². The molecule has 3 saturated heterocycles. The third-order valence-electron chi connectivity index (χ3n) is 9.40. The number of aromatic nitrogens is 1. The van der Waals surface area contributed by atoms with Crippen LogP contribution < -0.4 is 44.3 Å². The topological polar surface area (TPSA) is 95.0 Å². The number of carboxylic acid groups (broad SMARTS) is 1. The van der Waals surface area contributed by atoms with Gasteiger partial charge in [-0.05, 0) is 73.4 Å². The van der Waals surface area contributed by atoms with E-state index >= 15 is 4.39 Å². The zero-order chi connectivity index (χ0) is 31.5. The average molecular weight is 642 g/mol. The largest absolute Gasteiger partial charge is 1.00 e. The van der Waals surface area contributed by atoms with E-state index in [1.165, 1.54) is 11.6 Å². The number of pyridine rings is 1. The summed E-state index contributed by atoms with van der Waals surface area (Å²) in [4.78, 5) is 32.4. The van der Waals surface area contributed by atoms with E-state index in [1.54, 1.807) is 18.2 Å². The maximum absolute atomic E-state index is 15.2. The van der Waals surface area contributed by atoms with Gasteiger partial charge in [0, 0.05) is 62.0 Å². The fourth-order valence-corrected chi connectivity index (χ4v) is 6.52. The maximum atomic E-state index is 15.2. The van der Waals surface area contributed by atoms with Crippen molar-refractivity contribution in [2.75, 3.05) is 44.3 Å². The molecule has 2 aromatic carbocycles. The summed E-state index contributed by atoms with van der Waals surface area (Å²) in [5, 5.41) is 11.2. The van der Waals surface area contributed by atoms with Crippen molar-refractivity contribution >= 4 is 17.7 Å². The molecule has 46 heavy (non-hydrogen) atoms. The van der Waals surface area contributed by atoms with Crippen LogP contribution in [-0.4, -0.2) is 61.2 Å². The Bertz CT molecular complexity index is 1550. The van der Waals surface area contributed by atoms with Crippen LogP contribution in [0.25, 0.3) is 11.3 Å². The molecule has 4 heterocycles. The Morgan fingerprint density at radius 2 is 1.74 bits per heavy atom. The first-order valence-corrected chi connectivity index (χ1v) is 15.7. The summed E-state index contributed by atoms with van der Waals surface area (Å²) in [6.45, 7) is 5.96. The monoisotopic (exact) mass is 641 g/mol. The van der Waals surface area contributed by atoms with E-state index < -0.39 is 23.5 Å². The van der Waals surface area contributed by atoms with Crippen LogP contribution in [0.5, 0.6) is 5.75 Å². The van der Waals surface area contributed by atoms with Gasteiger partial charge in [0.1, 0.15) is 18.2 Å². The van der Waals surface area contributed by atoms with Crippen molar-refractivity contribution < 1.29 is 62.5 Å². The molecule has 0 saturated carbocycles. The summed E-state index contributed by atoms with van der Waals surface area (Å²) in [6.07, 6.45) is 3.29. The van der Waals surface area contributed by atoms with E-state index in [2.05, 4.69) is 17.1 Å². The number of ether oxygens (including phenoxy) is 2. The summed E-state index contributed by atoms with van der Waals surface area (Å²) in [5.41, 5.74) is 3.69. The number of halogens is 2. The smallest absolute Gasteiger partial charge is 0.550 e. The first-order valence-electron chi connectivity index (χ1n) is 15.7. The predicted octanol–water partition coefficient (Wildman–Crippen LogP) is 1.63. The van der Waals surface area contributed by atoms with E-state index in [0.717, 1.165) is 43.1 Å². The normalized spacial score (nSPS) is 17.7. The van der Waals surface area contributed by atoms with Crippen LogP contribution in [0.3, 0.4) is 0 Å². The number of likely N-dealkylation sites (tertiary alicyclic amines) is 1. The van der Waals surface area contributed by atoms with Crippen molar-refractivity contribution in [1.29, 1.82) is 0 Å². The Kier molecular flexibility index (Phi) is 11.4. The first kappa shape index (κ1) is 34.3. The van der Waals surface area contributed by atoms with Crippen molar-refractivity contribution in [3.63, 3.8) is 0 Å². The van der Waals surface area contributed by atoms with Crippen LogP contribution in [0.15, 0.2) is 48.5 Å². The molecule has 3 fully saturated rings. The maximum Gasteiger partial charge on any atom is 1.00 e. The Hall–Kier alpha value is -3.05. The number of aryl methyl sites for hydroxylation is 1. The van der Waals surface area contributed by atoms with E-state index in [1.807, 2.05) is 22.8 Å². The van der Waals surface area contributed by atoms with Gasteiger partial charge in [0.15, 0.2) is 11.6 Å². The number of hydrogen-bond acceptors (Lipinski definition) is 7. The second kappa shape index (κ2) is 15.2. The molecule has 11 heteroatoms. The number of nitrogens with zero attached hydrogens (tertiary/aromatic N) is 3. The molecule has 3 aromatic rings. The molecule has 0 N–H and O–H groups in total. The van der Waals surface area contributed by atoms with Gasteiger partial charge in [0.2, 0.25) is 5.91 Å². The van der Waals surface area contributed by atoms with E-state index in [4.69, 9.17) is 9.47 Å². The number of anilines is 1. The van der Waals surface area contributed by atoms with Crippen LogP contribution in [0.1, 0.15) is 54.7 Å². The minimum absolute atomic E-state index is 0. The van der Waals surface area contributed by atoms with Gasteiger partial charge < -0.3 is 29.2 Å². The number of amides is 1. The molecular weight excluding hydrogens is 603 g/mol. The summed E-state index contributed by atoms with van der Waals surface area (Å²) < 4.78 is 40.8. The van der Waals surface area contributed by atoms with Gasteiger partial charge in [-0.25, -0.2) is 13.8 Å². The number of carbonyl (C=O) groups excluding carboxylic acids is 2. The van der Waals surface area contributed by atoms with Gasteiger partial charge >= 0.3 is 29.6 Å². The summed E-state index contributed by atoms with van der Waals surface area (Å²) >= 11 is 0. The van der Waals surface area contributed by atoms with Gasteiger partial charge in [0.25, 0.3) is 0 Å². The number of rotatable bonds is 9. The number of aliphatic carboxylic acids is 1. The second-order valence-corrected chi connectivity index (χ2v) is 12.5. The van der Waals surface area contributed by atoms with Crippen molar-refractivity contribution in [2.24, 2.45) is 11.8 Å². The number of carbonyl (C=O) groups is 2. The molecule has 8 nitrogen and oxygen atoms in total. The van der Waals surface area contributed by atoms with Crippen LogP contribution >= 0.6 is 0 Å². The predicted molar refractivity (Wildman–Crippen MR) is 163 cm³/mol. The van der Waals surface area contributed by atoms with E-state index in [9.17, 15) is 19.1 Å². The Morgan fingerprint density at radius 3 is 2.39 bits per heavy atom. The standard InChI is InChI=1S/C35H39F2N3O5.Na/c1-22-15-26(24-7-13-40(14-8-24)33(41)16-23-19-44-20-23)5-6-27(22)21-45-34-29(17-28(36)18-30(34)37)31-3-2-4-32(38-31)39-11-9-25(10-12-39)35(42)43;/h2-6,15,17-18,23-25H,7-14,16,19-21H2,1H3,(H,42,43);/q;+1/p-1. The molecule has 0 radical (unpaired) electrons. The zero-order valence-corrected chi connectivity index (χ0v) is 28.5. The molecule has 0 unspecified atom stereocenters. The molecule has 6 rings (SSSR count). The zero-order valence-electron chi connectivity index (χ0n) is 26.5. The van der Waals surface area contributed by atoms with Gasteiger partial charge in [-0.15, -0.1) is 0 Å². The summed E-state index contributed by atoms with van der Waals surface area (Å²) in [5.74, 6) is -1.60. The van der Waals surface area contributed by atoms with Gasteiger partial charge in [0.05, 0.1) is 18.9 Å². The minimum Gasteiger partial charge on any atom is -0.550 e. The molecule has 0 aliphatic carbocycles. The van der Waals surface area contributed by atoms with Crippen molar-refractivity contribution in [1.82, 2.24) is 9.88 Å². The van der Waals surface area contributed by atoms with E-state index in [0.29, 0.717) is 68.9 Å². The molecule has 238 valence electrons. The number of hydrogen-bond donors (Lipinski definition) is 0. The van der Waals surface area contributed by atoms with Gasteiger partial charge in [-0.2, -0.15) is 0 Å². The summed E-state index contributed by atoms with van der Waals surface area (Å²) in [7, 11) is 0. The number of benzene rings is 2. The molecule has 1 amide bonds. The Morgan fingerprint density at radius 1 is 1.00 bits per heavy atom. The molecule has 1 aromatic heterocycles. The number of carboxylic acids is 1. The quantitative estimate of drug-likeness (QED) is 0.328. The van der Waals surface area contributed by atoms with Crippen molar-refractivity contribution in [2.45, 2.75) is 51.6 Å². The third kappa shape index (κ3) is 7.90.